The highest BCUT2D eigenvalue weighted by Gasteiger charge is 2.04. The van der Waals surface area contributed by atoms with Crippen LogP contribution >= 0.6 is 0 Å². The molecule has 0 bridgehead atoms. The molecule has 1 aromatic rings. The summed E-state index contributed by atoms with van der Waals surface area (Å²) in [7, 11) is 0. The first-order valence-electron chi connectivity index (χ1n) is 4.47. The number of aromatic nitrogens is 2. The smallest absolute Gasteiger partial charge is 0.0543 e. The van der Waals surface area contributed by atoms with Crippen molar-refractivity contribution < 1.29 is 0 Å². The fourth-order valence-corrected chi connectivity index (χ4v) is 1.17. The summed E-state index contributed by atoms with van der Waals surface area (Å²) in [5.41, 5.74) is 6.99. The van der Waals surface area contributed by atoms with Gasteiger partial charge in [-0.25, -0.2) is 0 Å². The van der Waals surface area contributed by atoms with Crippen molar-refractivity contribution in [2.45, 2.75) is 25.3 Å². The second-order valence-corrected chi connectivity index (χ2v) is 3.00. The minimum atomic E-state index is 0.0791. The highest BCUT2D eigenvalue weighted by molar-refractivity contribution is 5.10. The topological polar surface area (TPSA) is 51.8 Å². The maximum Gasteiger partial charge on any atom is 0.0543 e. The molecule has 13 heavy (non-hydrogen) atoms. The predicted octanol–water partition coefficient (Wildman–Crippen LogP) is 1.83. The Balaban J connectivity index is 2.39. The van der Waals surface area contributed by atoms with E-state index in [0.717, 1.165) is 24.8 Å². The summed E-state index contributed by atoms with van der Waals surface area (Å²) in [6, 6.07) is 1.99. The molecule has 3 heteroatoms. The van der Waals surface area contributed by atoms with Gasteiger partial charge in [-0.1, -0.05) is 6.08 Å². The molecule has 1 rings (SSSR count). The summed E-state index contributed by atoms with van der Waals surface area (Å²) >= 11 is 0. The summed E-state index contributed by atoms with van der Waals surface area (Å²) in [6.45, 7) is 3.67. The zero-order valence-electron chi connectivity index (χ0n) is 7.69. The van der Waals surface area contributed by atoms with Crippen LogP contribution in [-0.2, 0) is 0 Å². The highest BCUT2D eigenvalue weighted by Crippen LogP contribution is 2.14. The average Bonchev–Trinajstić information content (AvgIpc) is 2.19. The zero-order valence-corrected chi connectivity index (χ0v) is 7.69. The van der Waals surface area contributed by atoms with Crippen LogP contribution in [0.2, 0.25) is 0 Å². The molecule has 1 aromatic heterocycles. The molecule has 70 valence electrons. The van der Waals surface area contributed by atoms with E-state index in [1.54, 1.807) is 12.4 Å². The van der Waals surface area contributed by atoms with Crippen LogP contribution in [0.5, 0.6) is 0 Å². The molecule has 0 aliphatic carbocycles. The number of nitrogens with zero attached hydrogens (tertiary/aromatic N) is 2. The lowest BCUT2D eigenvalue weighted by molar-refractivity contribution is 0.613. The van der Waals surface area contributed by atoms with Crippen molar-refractivity contribution in [1.82, 2.24) is 10.2 Å². The van der Waals surface area contributed by atoms with Crippen molar-refractivity contribution in [1.29, 1.82) is 0 Å². The van der Waals surface area contributed by atoms with Crippen molar-refractivity contribution in [2.75, 3.05) is 0 Å². The van der Waals surface area contributed by atoms with Crippen LogP contribution in [-0.4, -0.2) is 10.2 Å². The number of allylic oxidation sites excluding steroid dienone is 1. The average molecular weight is 177 g/mol. The van der Waals surface area contributed by atoms with E-state index in [0.29, 0.717) is 0 Å². The Morgan fingerprint density at radius 2 is 2.38 bits per heavy atom. The predicted molar refractivity (Wildman–Crippen MR) is 53.0 cm³/mol. The number of hydrogen-bond acceptors (Lipinski definition) is 3. The Morgan fingerprint density at radius 1 is 1.54 bits per heavy atom. The molecule has 1 unspecified atom stereocenters. The van der Waals surface area contributed by atoms with E-state index in [2.05, 4.69) is 16.8 Å². The Bertz CT molecular complexity index is 246. The van der Waals surface area contributed by atoms with Gasteiger partial charge < -0.3 is 5.73 Å². The molecule has 2 N–H and O–H groups in total. The molecule has 1 heterocycles. The number of rotatable bonds is 5. The van der Waals surface area contributed by atoms with Crippen molar-refractivity contribution >= 4 is 0 Å². The van der Waals surface area contributed by atoms with Gasteiger partial charge in [0.2, 0.25) is 0 Å². The molecule has 0 spiro atoms. The lowest BCUT2D eigenvalue weighted by atomic mass is 10.0. The van der Waals surface area contributed by atoms with Crippen molar-refractivity contribution in [3.05, 3.63) is 36.7 Å². The first kappa shape index (κ1) is 9.86. The van der Waals surface area contributed by atoms with Gasteiger partial charge in [-0.05, 0) is 30.9 Å². The fraction of sp³-hybridized carbons (Fsp3) is 0.400. The van der Waals surface area contributed by atoms with Gasteiger partial charge in [0.25, 0.3) is 0 Å². The largest absolute Gasteiger partial charge is 0.324 e. The summed E-state index contributed by atoms with van der Waals surface area (Å²) in [5.74, 6) is 0. The van der Waals surface area contributed by atoms with Crippen LogP contribution in [0.1, 0.15) is 30.9 Å². The van der Waals surface area contributed by atoms with E-state index in [1.807, 2.05) is 12.1 Å². The third-order valence-corrected chi connectivity index (χ3v) is 1.96. The molecule has 0 saturated carbocycles. The van der Waals surface area contributed by atoms with Crippen molar-refractivity contribution in [3.8, 4) is 0 Å². The standard InChI is InChI=1S/C10H15N3/c1-2-3-4-5-10(11)9-6-7-12-13-8-9/h2,6-8,10H,1,3-5,11H2. The first-order valence-corrected chi connectivity index (χ1v) is 4.47. The fourth-order valence-electron chi connectivity index (χ4n) is 1.17. The van der Waals surface area contributed by atoms with Gasteiger partial charge in [-0.15, -0.1) is 6.58 Å². The Kier molecular flexibility index (Phi) is 4.12. The molecule has 3 nitrogen and oxygen atoms in total. The third-order valence-electron chi connectivity index (χ3n) is 1.96. The van der Waals surface area contributed by atoms with Gasteiger partial charge >= 0.3 is 0 Å². The minimum absolute atomic E-state index is 0.0791. The lowest BCUT2D eigenvalue weighted by Crippen LogP contribution is -2.10. The molecule has 0 aromatic carbocycles. The summed E-state index contributed by atoms with van der Waals surface area (Å²) in [4.78, 5) is 0. The minimum Gasteiger partial charge on any atom is -0.324 e. The van der Waals surface area contributed by atoms with Gasteiger partial charge in [0.1, 0.15) is 0 Å². The molecule has 1 atom stereocenters. The highest BCUT2D eigenvalue weighted by atomic mass is 15.1. The Morgan fingerprint density at radius 3 is 3.00 bits per heavy atom. The molecule has 0 radical (unpaired) electrons. The van der Waals surface area contributed by atoms with E-state index in [4.69, 9.17) is 5.73 Å². The van der Waals surface area contributed by atoms with Crippen LogP contribution in [0, 0.1) is 0 Å². The Hall–Kier alpha value is -1.22. The number of nitrogens with two attached hydrogens (primary N) is 1. The monoisotopic (exact) mass is 177 g/mol. The summed E-state index contributed by atoms with van der Waals surface area (Å²) in [5, 5.41) is 7.49. The molecule has 0 fully saturated rings. The molecular weight excluding hydrogens is 162 g/mol. The van der Waals surface area contributed by atoms with E-state index in [-0.39, 0.29) is 6.04 Å². The van der Waals surface area contributed by atoms with Gasteiger partial charge in [-0.2, -0.15) is 10.2 Å². The molecule has 0 amide bonds. The SMILES string of the molecule is C=CCCCC(N)c1ccnnc1. The third kappa shape index (κ3) is 3.34. The van der Waals surface area contributed by atoms with Crippen LogP contribution in [0.3, 0.4) is 0 Å². The maximum atomic E-state index is 5.93. The Labute approximate surface area is 78.7 Å². The van der Waals surface area contributed by atoms with Gasteiger partial charge in [0, 0.05) is 12.2 Å². The van der Waals surface area contributed by atoms with E-state index >= 15 is 0 Å². The second-order valence-electron chi connectivity index (χ2n) is 3.00. The van der Waals surface area contributed by atoms with Crippen LogP contribution < -0.4 is 5.73 Å². The van der Waals surface area contributed by atoms with Crippen LogP contribution in [0.4, 0.5) is 0 Å². The quantitative estimate of drug-likeness (QED) is 0.551. The molecule has 0 saturated heterocycles. The number of hydrogen-bond donors (Lipinski definition) is 1. The van der Waals surface area contributed by atoms with Crippen molar-refractivity contribution in [3.63, 3.8) is 0 Å². The van der Waals surface area contributed by atoms with Crippen LogP contribution in [0.25, 0.3) is 0 Å². The number of unbranched alkanes of at least 4 members (excludes halogenated alkanes) is 1. The molecule has 0 aliphatic heterocycles. The summed E-state index contributed by atoms with van der Waals surface area (Å²) in [6.07, 6.45) is 8.37. The van der Waals surface area contributed by atoms with E-state index in [1.165, 1.54) is 0 Å². The van der Waals surface area contributed by atoms with Crippen LogP contribution in [0.15, 0.2) is 31.1 Å². The maximum absolute atomic E-state index is 5.93. The first-order chi connectivity index (χ1) is 6.34. The van der Waals surface area contributed by atoms with Gasteiger partial charge in [0.05, 0.1) is 6.20 Å². The lowest BCUT2D eigenvalue weighted by Gasteiger charge is -2.09. The van der Waals surface area contributed by atoms with Crippen molar-refractivity contribution in [2.24, 2.45) is 5.73 Å². The van der Waals surface area contributed by atoms with E-state index < -0.39 is 0 Å². The van der Waals surface area contributed by atoms with Gasteiger partial charge in [0.15, 0.2) is 0 Å². The second kappa shape index (κ2) is 5.43. The molecule has 0 aliphatic rings. The summed E-state index contributed by atoms with van der Waals surface area (Å²) < 4.78 is 0. The zero-order chi connectivity index (χ0) is 9.52. The van der Waals surface area contributed by atoms with E-state index in [9.17, 15) is 0 Å². The normalized spacial score (nSPS) is 12.4. The van der Waals surface area contributed by atoms with Gasteiger partial charge in [-0.3, -0.25) is 0 Å². The molecular formula is C10H15N3.